The molecular formula is C26H29NO5S. The molecule has 33 heavy (non-hydrogen) atoms. The van der Waals surface area contributed by atoms with Crippen LogP contribution < -0.4 is 10.1 Å². The first-order chi connectivity index (χ1) is 16.0. The second-order valence-electron chi connectivity index (χ2n) is 8.18. The summed E-state index contributed by atoms with van der Waals surface area (Å²) in [5.74, 6) is -0.681. The van der Waals surface area contributed by atoms with Crippen LogP contribution in [0.1, 0.15) is 42.0 Å². The minimum Gasteiger partial charge on any atom is -0.497 e. The highest BCUT2D eigenvalue weighted by molar-refractivity contribution is 7.10. The van der Waals surface area contributed by atoms with Crippen LogP contribution in [0.2, 0.25) is 0 Å². The third-order valence-corrected chi connectivity index (χ3v) is 7.22. The predicted octanol–water partition coefficient (Wildman–Crippen LogP) is 4.55. The Bertz CT molecular complexity index is 1040. The number of esters is 1. The van der Waals surface area contributed by atoms with Crippen molar-refractivity contribution >= 4 is 23.1 Å². The predicted molar refractivity (Wildman–Crippen MR) is 127 cm³/mol. The SMILES string of the molecule is C=C1NC2=C(C(=O)CC(c3cccs3)C2)C(c2ccc(OC)cc2)C1C(=O)OCCOCC. The van der Waals surface area contributed by atoms with Crippen molar-refractivity contribution in [3.05, 3.63) is 75.8 Å². The van der Waals surface area contributed by atoms with Crippen molar-refractivity contribution in [1.29, 1.82) is 0 Å². The van der Waals surface area contributed by atoms with Gasteiger partial charge >= 0.3 is 5.97 Å². The smallest absolute Gasteiger partial charge is 0.315 e. The number of allylic oxidation sites excluding steroid dienone is 2. The van der Waals surface area contributed by atoms with E-state index in [2.05, 4.69) is 18.0 Å². The molecule has 0 saturated carbocycles. The number of carbonyl (C=O) groups excluding carboxylic acids is 2. The van der Waals surface area contributed by atoms with Crippen LogP contribution in [0.5, 0.6) is 5.75 Å². The standard InChI is InChI=1S/C26H29NO5S/c1-4-31-11-12-32-26(29)23-16(2)27-20-14-18(22-6-5-13-33-22)15-21(28)25(20)24(23)17-7-9-19(30-3)10-8-17/h5-10,13,18,23-24,27H,2,4,11-12,14-15H2,1,3H3. The fourth-order valence-corrected chi connectivity index (χ4v) is 5.49. The van der Waals surface area contributed by atoms with E-state index >= 15 is 0 Å². The maximum atomic E-state index is 13.5. The lowest BCUT2D eigenvalue weighted by Gasteiger charge is -2.39. The maximum absolute atomic E-state index is 13.5. The summed E-state index contributed by atoms with van der Waals surface area (Å²) in [5.41, 5.74) is 2.93. The Hall–Kier alpha value is -2.90. The molecule has 174 valence electrons. The molecule has 1 N–H and O–H groups in total. The fraction of sp³-hybridized carbons (Fsp3) is 0.385. The molecule has 1 aromatic heterocycles. The molecule has 2 aliphatic rings. The van der Waals surface area contributed by atoms with Crippen molar-refractivity contribution < 1.29 is 23.8 Å². The largest absolute Gasteiger partial charge is 0.497 e. The van der Waals surface area contributed by atoms with Gasteiger partial charge in [-0.15, -0.1) is 11.3 Å². The topological polar surface area (TPSA) is 73.9 Å². The molecule has 0 spiro atoms. The van der Waals surface area contributed by atoms with Gasteiger partial charge in [0.25, 0.3) is 0 Å². The summed E-state index contributed by atoms with van der Waals surface area (Å²) in [6.07, 6.45) is 1.13. The van der Waals surface area contributed by atoms with E-state index in [1.807, 2.05) is 42.6 Å². The summed E-state index contributed by atoms with van der Waals surface area (Å²) in [7, 11) is 1.61. The molecule has 2 heterocycles. The summed E-state index contributed by atoms with van der Waals surface area (Å²) in [4.78, 5) is 27.9. The highest BCUT2D eigenvalue weighted by Gasteiger charge is 2.45. The summed E-state index contributed by atoms with van der Waals surface area (Å²) in [6, 6.07) is 11.6. The lowest BCUT2D eigenvalue weighted by Crippen LogP contribution is -2.42. The number of carbonyl (C=O) groups is 2. The van der Waals surface area contributed by atoms with Gasteiger partial charge < -0.3 is 19.5 Å². The zero-order valence-electron chi connectivity index (χ0n) is 19.0. The molecule has 3 atom stereocenters. The zero-order valence-corrected chi connectivity index (χ0v) is 19.8. The first-order valence-electron chi connectivity index (χ1n) is 11.2. The van der Waals surface area contributed by atoms with Gasteiger partial charge in [-0.25, -0.2) is 0 Å². The Balaban J connectivity index is 1.70. The van der Waals surface area contributed by atoms with Gasteiger partial charge in [-0.3, -0.25) is 9.59 Å². The fourth-order valence-electron chi connectivity index (χ4n) is 4.66. The van der Waals surface area contributed by atoms with Gasteiger partial charge in [-0.2, -0.15) is 0 Å². The number of methoxy groups -OCH3 is 1. The number of thiophene rings is 1. The number of ketones is 1. The number of Topliss-reactive ketones (excluding diaryl/α,β-unsaturated/α-hetero) is 1. The van der Waals surface area contributed by atoms with E-state index in [9.17, 15) is 9.59 Å². The molecule has 2 aromatic rings. The van der Waals surface area contributed by atoms with Crippen molar-refractivity contribution in [3.63, 3.8) is 0 Å². The van der Waals surface area contributed by atoms with Crippen LogP contribution in [-0.2, 0) is 19.1 Å². The molecule has 6 nitrogen and oxygen atoms in total. The summed E-state index contributed by atoms with van der Waals surface area (Å²) >= 11 is 1.67. The molecular weight excluding hydrogens is 438 g/mol. The van der Waals surface area contributed by atoms with Crippen LogP contribution >= 0.6 is 11.3 Å². The minimum absolute atomic E-state index is 0.0579. The molecule has 0 bridgehead atoms. The van der Waals surface area contributed by atoms with Crippen LogP contribution in [0.3, 0.4) is 0 Å². The van der Waals surface area contributed by atoms with Crippen LogP contribution in [0.15, 0.2) is 65.3 Å². The average Bonchev–Trinajstić information content (AvgIpc) is 3.36. The molecule has 1 aliphatic carbocycles. The van der Waals surface area contributed by atoms with E-state index in [0.717, 1.165) is 11.3 Å². The lowest BCUT2D eigenvalue weighted by atomic mass is 9.69. The average molecular weight is 468 g/mol. The molecule has 0 radical (unpaired) electrons. The van der Waals surface area contributed by atoms with E-state index in [4.69, 9.17) is 14.2 Å². The third-order valence-electron chi connectivity index (χ3n) is 6.19. The van der Waals surface area contributed by atoms with Crippen LogP contribution in [-0.4, -0.2) is 38.7 Å². The van der Waals surface area contributed by atoms with E-state index in [1.165, 1.54) is 4.88 Å². The minimum atomic E-state index is -0.707. The van der Waals surface area contributed by atoms with Gasteiger partial charge in [0.2, 0.25) is 0 Å². The Labute approximate surface area is 198 Å². The maximum Gasteiger partial charge on any atom is 0.315 e. The summed E-state index contributed by atoms with van der Waals surface area (Å²) < 4.78 is 16.1. The summed E-state index contributed by atoms with van der Waals surface area (Å²) in [5, 5.41) is 5.34. The quantitative estimate of drug-likeness (QED) is 0.453. The molecule has 7 heteroatoms. The second kappa shape index (κ2) is 10.4. The number of rotatable bonds is 8. The van der Waals surface area contributed by atoms with Gasteiger partial charge in [0, 0.05) is 46.7 Å². The van der Waals surface area contributed by atoms with Crippen molar-refractivity contribution in [3.8, 4) is 5.75 Å². The first-order valence-corrected chi connectivity index (χ1v) is 12.0. The molecule has 3 unspecified atom stereocenters. The molecule has 0 fully saturated rings. The highest BCUT2D eigenvalue weighted by Crippen LogP contribution is 2.47. The summed E-state index contributed by atoms with van der Waals surface area (Å²) in [6.45, 7) is 7.10. The molecule has 1 aliphatic heterocycles. The van der Waals surface area contributed by atoms with Gasteiger partial charge in [0.1, 0.15) is 18.3 Å². The number of benzene rings is 1. The highest BCUT2D eigenvalue weighted by atomic mass is 32.1. The molecule has 1 aromatic carbocycles. The Morgan fingerprint density at radius 3 is 2.64 bits per heavy atom. The van der Waals surface area contributed by atoms with E-state index in [1.54, 1.807) is 18.4 Å². The molecule has 0 saturated heterocycles. The van der Waals surface area contributed by atoms with E-state index in [0.29, 0.717) is 43.1 Å². The first kappa shape index (κ1) is 23.3. The van der Waals surface area contributed by atoms with Crippen LogP contribution in [0.25, 0.3) is 0 Å². The van der Waals surface area contributed by atoms with Crippen LogP contribution in [0, 0.1) is 5.92 Å². The van der Waals surface area contributed by atoms with E-state index < -0.39 is 17.8 Å². The lowest BCUT2D eigenvalue weighted by molar-refractivity contribution is -0.149. The number of ether oxygens (including phenoxy) is 3. The van der Waals surface area contributed by atoms with Crippen molar-refractivity contribution in [2.75, 3.05) is 26.9 Å². The number of hydrogen-bond donors (Lipinski definition) is 1. The molecule has 4 rings (SSSR count). The number of nitrogens with one attached hydrogen (secondary N) is 1. The third kappa shape index (κ3) is 4.89. The van der Waals surface area contributed by atoms with Gasteiger partial charge in [0.15, 0.2) is 5.78 Å². The normalized spacial score (nSPS) is 22.5. The van der Waals surface area contributed by atoms with Gasteiger partial charge in [-0.1, -0.05) is 24.8 Å². The van der Waals surface area contributed by atoms with Crippen molar-refractivity contribution in [1.82, 2.24) is 5.32 Å². The zero-order chi connectivity index (χ0) is 23.4. The second-order valence-corrected chi connectivity index (χ2v) is 9.16. The molecule has 0 amide bonds. The Morgan fingerprint density at radius 2 is 1.97 bits per heavy atom. The number of hydrogen-bond acceptors (Lipinski definition) is 7. The van der Waals surface area contributed by atoms with Crippen molar-refractivity contribution in [2.45, 2.75) is 31.6 Å². The van der Waals surface area contributed by atoms with E-state index in [-0.39, 0.29) is 18.3 Å². The monoisotopic (exact) mass is 467 g/mol. The van der Waals surface area contributed by atoms with Gasteiger partial charge in [-0.05, 0) is 42.5 Å². The van der Waals surface area contributed by atoms with Crippen LogP contribution in [0.4, 0.5) is 0 Å². The van der Waals surface area contributed by atoms with Gasteiger partial charge in [0.05, 0.1) is 13.7 Å². The Kier molecular flexibility index (Phi) is 7.30. The Morgan fingerprint density at radius 1 is 1.18 bits per heavy atom. The van der Waals surface area contributed by atoms with Crippen molar-refractivity contribution in [2.24, 2.45) is 5.92 Å².